The molecule has 1 spiro atoms. The third-order valence-corrected chi connectivity index (χ3v) is 10.3. The summed E-state index contributed by atoms with van der Waals surface area (Å²) in [5.74, 6) is -2.53. The molecule has 4 aliphatic rings. The Morgan fingerprint density at radius 3 is 2.32 bits per heavy atom. The second-order valence-corrected chi connectivity index (χ2v) is 12.9. The monoisotopic (exact) mass is 604 g/mol. The van der Waals surface area contributed by atoms with Crippen LogP contribution in [0.25, 0.3) is 0 Å². The molecular weight excluding hydrogens is 560 g/mol. The van der Waals surface area contributed by atoms with E-state index in [2.05, 4.69) is 15.5 Å². The number of rotatable bonds is 11. The lowest BCUT2D eigenvalue weighted by atomic mass is 9.62. The van der Waals surface area contributed by atoms with E-state index >= 15 is 0 Å². The van der Waals surface area contributed by atoms with E-state index in [1.165, 1.54) is 0 Å². The number of amides is 3. The zero-order valence-corrected chi connectivity index (χ0v) is 25.6. The number of hydrogen-bond donors (Lipinski definition) is 3. The van der Waals surface area contributed by atoms with Crippen LogP contribution in [0.1, 0.15) is 31.4 Å². The summed E-state index contributed by atoms with van der Waals surface area (Å²) in [7, 11) is 0. The second-order valence-electron chi connectivity index (χ2n) is 12.9. The first-order valence-electron chi connectivity index (χ1n) is 15.8. The first-order valence-corrected chi connectivity index (χ1v) is 15.8. The second kappa shape index (κ2) is 12.6. The lowest BCUT2D eigenvalue weighted by molar-refractivity contribution is -0.150. The molecule has 236 valence electrons. The van der Waals surface area contributed by atoms with Gasteiger partial charge >= 0.3 is 0 Å². The summed E-state index contributed by atoms with van der Waals surface area (Å²) in [5.41, 5.74) is -0.179. The molecule has 2 aromatic rings. The zero-order chi connectivity index (χ0) is 30.9. The number of carbonyl (C=O) groups is 3. The highest BCUT2D eigenvalue weighted by atomic mass is 16.5. The molecule has 6 rings (SSSR count). The zero-order valence-electron chi connectivity index (χ0n) is 25.6. The van der Waals surface area contributed by atoms with Crippen LogP contribution >= 0.6 is 0 Å². The maximum atomic E-state index is 14.6. The molecule has 10 heteroatoms. The van der Waals surface area contributed by atoms with Gasteiger partial charge < -0.3 is 30.1 Å². The van der Waals surface area contributed by atoms with Gasteiger partial charge in [-0.3, -0.25) is 19.3 Å². The summed E-state index contributed by atoms with van der Waals surface area (Å²) < 4.78 is 12.3. The van der Waals surface area contributed by atoms with Crippen LogP contribution in [-0.4, -0.2) is 102 Å². The molecule has 3 amide bonds. The number of morpholine rings is 1. The highest BCUT2D eigenvalue weighted by Crippen LogP contribution is 2.65. The van der Waals surface area contributed by atoms with Gasteiger partial charge in [0.1, 0.15) is 11.6 Å². The number of carbonyl (C=O) groups excluding carboxylic acids is 3. The average molecular weight is 605 g/mol. The summed E-state index contributed by atoms with van der Waals surface area (Å²) in [4.78, 5) is 46.6. The molecule has 44 heavy (non-hydrogen) atoms. The van der Waals surface area contributed by atoms with Crippen molar-refractivity contribution >= 4 is 17.7 Å². The third kappa shape index (κ3) is 5.42. The van der Waals surface area contributed by atoms with Crippen molar-refractivity contribution in [3.05, 3.63) is 71.8 Å². The van der Waals surface area contributed by atoms with Gasteiger partial charge in [0.15, 0.2) is 0 Å². The predicted molar refractivity (Wildman–Crippen MR) is 163 cm³/mol. The molecule has 4 aliphatic heterocycles. The molecule has 4 heterocycles. The number of benzene rings is 2. The lowest BCUT2D eigenvalue weighted by Crippen LogP contribution is -2.59. The number of ether oxygens (including phenoxy) is 2. The Morgan fingerprint density at radius 1 is 1.00 bits per heavy atom. The van der Waals surface area contributed by atoms with Crippen LogP contribution in [-0.2, 0) is 36.8 Å². The molecule has 4 fully saturated rings. The average Bonchev–Trinajstić information content (AvgIpc) is 3.56. The van der Waals surface area contributed by atoms with Crippen LogP contribution in [0.2, 0.25) is 0 Å². The van der Waals surface area contributed by atoms with E-state index in [4.69, 9.17) is 9.47 Å². The Hall–Kier alpha value is -3.31. The first-order chi connectivity index (χ1) is 21.3. The molecule has 0 saturated carbocycles. The van der Waals surface area contributed by atoms with Gasteiger partial charge in [0, 0.05) is 32.7 Å². The predicted octanol–water partition coefficient (Wildman–Crippen LogP) is 1.37. The molecule has 4 saturated heterocycles. The quantitative estimate of drug-likeness (QED) is 0.354. The molecule has 2 bridgehead atoms. The van der Waals surface area contributed by atoms with Crippen LogP contribution in [0.15, 0.2) is 60.7 Å². The topological polar surface area (TPSA) is 120 Å². The molecule has 3 unspecified atom stereocenters. The number of hydrogen-bond acceptors (Lipinski definition) is 7. The van der Waals surface area contributed by atoms with E-state index in [1.807, 2.05) is 74.5 Å². The van der Waals surface area contributed by atoms with Gasteiger partial charge in [0.25, 0.3) is 0 Å². The lowest BCUT2D eigenvalue weighted by Gasteiger charge is -2.37. The van der Waals surface area contributed by atoms with Crippen LogP contribution in [0.4, 0.5) is 0 Å². The highest BCUT2D eigenvalue weighted by molar-refractivity contribution is 5.99. The third-order valence-electron chi connectivity index (χ3n) is 10.3. The Labute approximate surface area is 259 Å². The summed E-state index contributed by atoms with van der Waals surface area (Å²) in [6.07, 6.45) is 0.852. The maximum Gasteiger partial charge on any atom is 0.245 e. The van der Waals surface area contributed by atoms with E-state index in [0.717, 1.165) is 24.2 Å². The van der Waals surface area contributed by atoms with Gasteiger partial charge in [-0.15, -0.1) is 0 Å². The SMILES string of the molecule is CC1CC23O[C@]1(C)[C@@H](C(=O)NCc1ccccc1)[C@H]2C(=O)N([C@@H](CO)Cc1ccccc1)C3C(=O)NCCN1CCOCC1. The van der Waals surface area contributed by atoms with Gasteiger partial charge in [-0.25, -0.2) is 0 Å². The van der Waals surface area contributed by atoms with Crippen molar-refractivity contribution in [2.45, 2.75) is 56.5 Å². The van der Waals surface area contributed by atoms with Crippen molar-refractivity contribution < 1.29 is 29.0 Å². The van der Waals surface area contributed by atoms with Gasteiger partial charge in [-0.2, -0.15) is 0 Å². The van der Waals surface area contributed by atoms with Crippen molar-refractivity contribution in [1.82, 2.24) is 20.4 Å². The molecular formula is C34H44N4O6. The molecule has 2 aromatic carbocycles. The Morgan fingerprint density at radius 2 is 1.66 bits per heavy atom. The molecule has 7 atom stereocenters. The summed E-state index contributed by atoms with van der Waals surface area (Å²) in [6, 6.07) is 17.7. The largest absolute Gasteiger partial charge is 0.394 e. The fourth-order valence-corrected chi connectivity index (χ4v) is 8.06. The van der Waals surface area contributed by atoms with E-state index in [1.54, 1.807) is 4.90 Å². The Kier molecular flexibility index (Phi) is 8.79. The number of nitrogens with zero attached hydrogens (tertiary/aromatic N) is 2. The molecule has 0 radical (unpaired) electrons. The minimum atomic E-state index is -1.17. The Bertz CT molecular complexity index is 1340. The summed E-state index contributed by atoms with van der Waals surface area (Å²) >= 11 is 0. The molecule has 10 nitrogen and oxygen atoms in total. The minimum absolute atomic E-state index is 0.0654. The smallest absolute Gasteiger partial charge is 0.245 e. The van der Waals surface area contributed by atoms with Crippen molar-refractivity contribution in [2.24, 2.45) is 17.8 Å². The number of nitrogens with one attached hydrogen (secondary N) is 2. The normalized spacial score (nSPS) is 32.0. The van der Waals surface area contributed by atoms with Crippen molar-refractivity contribution in [3.8, 4) is 0 Å². The van der Waals surface area contributed by atoms with E-state index in [-0.39, 0.29) is 30.2 Å². The highest BCUT2D eigenvalue weighted by Gasteiger charge is 2.80. The maximum absolute atomic E-state index is 14.6. The number of aliphatic hydroxyl groups excluding tert-OH is 1. The van der Waals surface area contributed by atoms with Crippen LogP contribution in [0.5, 0.6) is 0 Å². The Balaban J connectivity index is 1.30. The first kappa shape index (κ1) is 30.7. The van der Waals surface area contributed by atoms with Gasteiger partial charge in [0.05, 0.1) is 43.3 Å². The number of likely N-dealkylation sites (tertiary alicyclic amines) is 1. The number of fused-ring (bicyclic) bond motifs is 1. The van der Waals surface area contributed by atoms with E-state index < -0.39 is 35.1 Å². The van der Waals surface area contributed by atoms with Crippen molar-refractivity contribution in [2.75, 3.05) is 46.0 Å². The molecule has 0 aromatic heterocycles. The van der Waals surface area contributed by atoms with Gasteiger partial charge in [0.2, 0.25) is 17.7 Å². The minimum Gasteiger partial charge on any atom is -0.394 e. The van der Waals surface area contributed by atoms with Gasteiger partial charge in [-0.1, -0.05) is 67.6 Å². The fraction of sp³-hybridized carbons (Fsp3) is 0.559. The summed E-state index contributed by atoms with van der Waals surface area (Å²) in [5, 5.41) is 16.8. The van der Waals surface area contributed by atoms with Crippen LogP contribution in [0, 0.1) is 17.8 Å². The molecule has 3 N–H and O–H groups in total. The van der Waals surface area contributed by atoms with Gasteiger partial charge in [-0.05, 0) is 36.8 Å². The van der Waals surface area contributed by atoms with Crippen molar-refractivity contribution in [1.29, 1.82) is 0 Å². The van der Waals surface area contributed by atoms with Crippen LogP contribution in [0.3, 0.4) is 0 Å². The fourth-order valence-electron chi connectivity index (χ4n) is 8.06. The van der Waals surface area contributed by atoms with Crippen molar-refractivity contribution in [3.63, 3.8) is 0 Å². The molecule has 0 aliphatic carbocycles. The summed E-state index contributed by atoms with van der Waals surface area (Å²) in [6.45, 7) is 7.98. The number of aliphatic hydroxyl groups is 1. The van der Waals surface area contributed by atoms with E-state index in [9.17, 15) is 19.5 Å². The van der Waals surface area contributed by atoms with Crippen LogP contribution < -0.4 is 10.6 Å². The van der Waals surface area contributed by atoms with E-state index in [0.29, 0.717) is 45.7 Å². The standard InChI is InChI=1S/C34H44N4O6/c1-23-20-34-28(27(33(23,2)44-34)30(40)36-21-25-11-7-4-8-12-25)32(42)38(26(22-39)19-24-9-5-3-6-10-24)29(34)31(41)35-13-14-37-15-17-43-18-16-37/h3-12,23,26-29,39H,13-22H2,1-2H3,(H,35,41)(H,36,40)/t23?,26-,27-,28+,29?,33+,34?/m1/s1.